The third-order valence-electron chi connectivity index (χ3n) is 3.65. The molecule has 0 aromatic heterocycles. The Hall–Kier alpha value is -0.530. The second-order valence-corrected chi connectivity index (χ2v) is 4.62. The summed E-state index contributed by atoms with van der Waals surface area (Å²) in [6.07, 6.45) is 4.90. The minimum atomic E-state index is 0.0139. The fourth-order valence-corrected chi connectivity index (χ4v) is 2.38. The van der Waals surface area contributed by atoms with Gasteiger partial charge in [0.15, 0.2) is 0 Å². The Morgan fingerprint density at radius 1 is 1.33 bits per heavy atom. The maximum Gasteiger partial charge on any atom is 0.308 e. The van der Waals surface area contributed by atoms with Crippen LogP contribution >= 0.6 is 0 Å². The van der Waals surface area contributed by atoms with Crippen molar-refractivity contribution in [2.45, 2.75) is 59.5 Å². The van der Waals surface area contributed by atoms with E-state index in [1.807, 2.05) is 27.7 Å². The van der Waals surface area contributed by atoms with Crippen LogP contribution in [0.2, 0.25) is 0 Å². The lowest BCUT2D eigenvalue weighted by Crippen LogP contribution is -2.25. The first-order chi connectivity index (χ1) is 7.20. The van der Waals surface area contributed by atoms with Crippen LogP contribution in [-0.2, 0) is 9.53 Å². The van der Waals surface area contributed by atoms with Crippen molar-refractivity contribution in [3.05, 3.63) is 0 Å². The molecule has 2 atom stereocenters. The Balaban J connectivity index is 0.000000531. The third kappa shape index (κ3) is 2.73. The highest BCUT2D eigenvalue weighted by molar-refractivity contribution is 5.72. The Morgan fingerprint density at radius 2 is 1.93 bits per heavy atom. The molecule has 3 fully saturated rings. The van der Waals surface area contributed by atoms with Gasteiger partial charge >= 0.3 is 5.97 Å². The SMILES string of the molecule is CC.CCC(C)C(=O)OC1CC2CC1C2. The van der Waals surface area contributed by atoms with E-state index >= 15 is 0 Å². The number of hydrogen-bond donors (Lipinski definition) is 0. The van der Waals surface area contributed by atoms with Crippen molar-refractivity contribution < 1.29 is 9.53 Å². The van der Waals surface area contributed by atoms with Gasteiger partial charge in [0, 0.05) is 0 Å². The van der Waals surface area contributed by atoms with E-state index in [1.54, 1.807) is 0 Å². The number of carbonyl (C=O) groups is 1. The first-order valence-electron chi connectivity index (χ1n) is 6.41. The van der Waals surface area contributed by atoms with Crippen LogP contribution in [0.25, 0.3) is 0 Å². The number of ether oxygens (including phenoxy) is 1. The molecule has 3 rings (SSSR count). The van der Waals surface area contributed by atoms with Crippen molar-refractivity contribution in [3.63, 3.8) is 0 Å². The van der Waals surface area contributed by atoms with Gasteiger partial charge in [-0.15, -0.1) is 0 Å². The van der Waals surface area contributed by atoms with Crippen LogP contribution in [-0.4, -0.2) is 12.1 Å². The van der Waals surface area contributed by atoms with Crippen LogP contribution in [0.15, 0.2) is 0 Å². The molecule has 0 aromatic rings. The monoisotopic (exact) mass is 212 g/mol. The molecule has 0 amide bonds. The summed E-state index contributed by atoms with van der Waals surface area (Å²) >= 11 is 0. The molecule has 2 bridgehead atoms. The fourth-order valence-electron chi connectivity index (χ4n) is 2.38. The van der Waals surface area contributed by atoms with Crippen LogP contribution in [0.5, 0.6) is 0 Å². The minimum absolute atomic E-state index is 0.0139. The largest absolute Gasteiger partial charge is 0.462 e. The Kier molecular flexibility index (Phi) is 4.62. The molecule has 15 heavy (non-hydrogen) atoms. The summed E-state index contributed by atoms with van der Waals surface area (Å²) in [6.45, 7) is 7.97. The number of esters is 1. The summed E-state index contributed by atoms with van der Waals surface area (Å²) in [7, 11) is 0. The Morgan fingerprint density at radius 3 is 2.33 bits per heavy atom. The zero-order valence-electron chi connectivity index (χ0n) is 10.5. The van der Waals surface area contributed by atoms with E-state index in [0.717, 1.165) is 18.8 Å². The summed E-state index contributed by atoms with van der Waals surface area (Å²) in [4.78, 5) is 11.5. The van der Waals surface area contributed by atoms with Crippen molar-refractivity contribution in [2.24, 2.45) is 17.8 Å². The van der Waals surface area contributed by atoms with E-state index in [9.17, 15) is 4.79 Å². The average Bonchev–Trinajstić information content (AvgIpc) is 2.77. The van der Waals surface area contributed by atoms with Gasteiger partial charge in [-0.1, -0.05) is 27.7 Å². The van der Waals surface area contributed by atoms with Crippen molar-refractivity contribution in [1.82, 2.24) is 0 Å². The predicted octanol–water partition coefficient (Wildman–Crippen LogP) is 3.40. The molecule has 0 radical (unpaired) electrons. The average molecular weight is 212 g/mol. The molecule has 3 aliphatic rings. The van der Waals surface area contributed by atoms with E-state index in [4.69, 9.17) is 4.74 Å². The highest BCUT2D eigenvalue weighted by Crippen LogP contribution is 2.49. The highest BCUT2D eigenvalue weighted by Gasteiger charge is 2.46. The van der Waals surface area contributed by atoms with E-state index in [-0.39, 0.29) is 18.0 Å². The number of fused-ring (bicyclic) bond motifs is 1. The van der Waals surface area contributed by atoms with Gasteiger partial charge in [0.25, 0.3) is 0 Å². The van der Waals surface area contributed by atoms with Gasteiger partial charge in [-0.3, -0.25) is 4.79 Å². The molecule has 0 N–H and O–H groups in total. The van der Waals surface area contributed by atoms with Gasteiger partial charge in [-0.25, -0.2) is 0 Å². The van der Waals surface area contributed by atoms with Gasteiger partial charge in [-0.05, 0) is 37.5 Å². The van der Waals surface area contributed by atoms with E-state index in [2.05, 4.69) is 0 Å². The maximum atomic E-state index is 11.5. The molecule has 3 saturated carbocycles. The minimum Gasteiger partial charge on any atom is -0.462 e. The smallest absolute Gasteiger partial charge is 0.308 e. The molecule has 2 nitrogen and oxygen atoms in total. The summed E-state index contributed by atoms with van der Waals surface area (Å²) < 4.78 is 5.48. The lowest BCUT2D eigenvalue weighted by Gasteiger charge is -2.24. The Labute approximate surface area is 93.4 Å². The topological polar surface area (TPSA) is 26.3 Å². The quantitative estimate of drug-likeness (QED) is 0.670. The van der Waals surface area contributed by atoms with Gasteiger partial charge in [-0.2, -0.15) is 0 Å². The fraction of sp³-hybridized carbons (Fsp3) is 0.923. The molecule has 0 saturated heterocycles. The van der Waals surface area contributed by atoms with Gasteiger partial charge in [0.05, 0.1) is 5.92 Å². The van der Waals surface area contributed by atoms with Gasteiger partial charge in [0.1, 0.15) is 6.10 Å². The third-order valence-corrected chi connectivity index (χ3v) is 3.65. The van der Waals surface area contributed by atoms with Crippen molar-refractivity contribution in [3.8, 4) is 0 Å². The zero-order chi connectivity index (χ0) is 11.4. The second kappa shape index (κ2) is 5.53. The predicted molar refractivity (Wildman–Crippen MR) is 61.5 cm³/mol. The number of hydrogen-bond acceptors (Lipinski definition) is 2. The summed E-state index contributed by atoms with van der Waals surface area (Å²) in [5.41, 5.74) is 0. The first-order valence-corrected chi connectivity index (χ1v) is 6.41. The summed E-state index contributed by atoms with van der Waals surface area (Å²) in [5.74, 6) is 1.68. The van der Waals surface area contributed by atoms with E-state index in [0.29, 0.717) is 5.92 Å². The lowest BCUT2D eigenvalue weighted by atomic mass is 9.84. The molecule has 2 unspecified atom stereocenters. The molecule has 0 heterocycles. The number of carbonyl (C=O) groups excluding carboxylic acids is 1. The lowest BCUT2D eigenvalue weighted by molar-refractivity contribution is -0.154. The van der Waals surface area contributed by atoms with Crippen LogP contribution in [0, 0.1) is 17.8 Å². The first kappa shape index (κ1) is 12.5. The van der Waals surface area contributed by atoms with E-state index < -0.39 is 0 Å². The molecule has 88 valence electrons. The highest BCUT2D eigenvalue weighted by atomic mass is 16.5. The van der Waals surface area contributed by atoms with Crippen LogP contribution < -0.4 is 0 Å². The molecular weight excluding hydrogens is 188 g/mol. The van der Waals surface area contributed by atoms with E-state index in [1.165, 1.54) is 12.8 Å². The molecule has 2 heteroatoms. The van der Waals surface area contributed by atoms with Gasteiger partial charge in [0.2, 0.25) is 0 Å². The second-order valence-electron chi connectivity index (χ2n) is 4.62. The van der Waals surface area contributed by atoms with Gasteiger partial charge < -0.3 is 4.74 Å². The van der Waals surface area contributed by atoms with Crippen molar-refractivity contribution in [2.75, 3.05) is 0 Å². The van der Waals surface area contributed by atoms with Crippen LogP contribution in [0.3, 0.4) is 0 Å². The van der Waals surface area contributed by atoms with Crippen molar-refractivity contribution >= 4 is 5.97 Å². The number of rotatable bonds is 3. The van der Waals surface area contributed by atoms with Crippen molar-refractivity contribution in [1.29, 1.82) is 0 Å². The molecule has 3 aliphatic carbocycles. The normalized spacial score (nSPS) is 33.5. The molecule has 0 aromatic carbocycles. The van der Waals surface area contributed by atoms with Crippen LogP contribution in [0.1, 0.15) is 53.4 Å². The van der Waals surface area contributed by atoms with Crippen LogP contribution in [0.4, 0.5) is 0 Å². The zero-order valence-corrected chi connectivity index (χ0v) is 10.5. The Bertz CT molecular complexity index is 207. The summed E-state index contributed by atoms with van der Waals surface area (Å²) in [6, 6.07) is 0. The molecule has 0 spiro atoms. The standard InChI is InChI=1S/C11H18O2.C2H6/c1-3-7(2)11(12)13-10-6-8-4-9(10)5-8;1-2/h7-10H,3-6H2,1-2H3;1-2H3. The molecular formula is C13H24O2. The summed E-state index contributed by atoms with van der Waals surface area (Å²) in [5, 5.41) is 0. The molecule has 0 aliphatic heterocycles. The maximum absolute atomic E-state index is 11.5.